The first-order valence-electron chi connectivity index (χ1n) is 5.50. The average Bonchev–Trinajstić information content (AvgIpc) is 2.56. The summed E-state index contributed by atoms with van der Waals surface area (Å²) in [7, 11) is 1.63. The highest BCUT2D eigenvalue weighted by Gasteiger charge is 2.35. The van der Waals surface area contributed by atoms with Crippen LogP contribution in [0.15, 0.2) is 24.3 Å². The molecule has 0 bridgehead atoms. The third-order valence-corrected chi connectivity index (χ3v) is 3.07. The molecule has 0 aliphatic carbocycles. The van der Waals surface area contributed by atoms with Crippen LogP contribution in [0.3, 0.4) is 0 Å². The molecular weight excluding hydrogens is 245 g/mol. The molecule has 1 aromatic carbocycles. The highest BCUT2D eigenvalue weighted by molar-refractivity contribution is 5.83. The Balaban J connectivity index is 2.23. The van der Waals surface area contributed by atoms with Crippen LogP contribution in [0.1, 0.15) is 24.2 Å². The molecular formula is C12H13F3N2O. The molecule has 6 heteroatoms. The van der Waals surface area contributed by atoms with E-state index in [4.69, 9.17) is 0 Å². The van der Waals surface area contributed by atoms with Crippen LogP contribution in [0.2, 0.25) is 0 Å². The van der Waals surface area contributed by atoms with Crippen molar-refractivity contribution in [3.8, 4) is 0 Å². The van der Waals surface area contributed by atoms with Gasteiger partial charge in [0.05, 0.1) is 11.6 Å². The third kappa shape index (κ3) is 2.20. The molecule has 1 aliphatic rings. The number of nitrogens with one attached hydrogen (secondary N) is 1. The predicted molar refractivity (Wildman–Crippen MR) is 59.6 cm³/mol. The van der Waals surface area contributed by atoms with E-state index in [0.717, 1.165) is 12.1 Å². The second-order valence-corrected chi connectivity index (χ2v) is 4.36. The van der Waals surface area contributed by atoms with Crippen molar-refractivity contribution in [2.75, 3.05) is 7.05 Å². The molecule has 1 aliphatic heterocycles. The van der Waals surface area contributed by atoms with Gasteiger partial charge in [0.2, 0.25) is 5.91 Å². The van der Waals surface area contributed by atoms with Crippen molar-refractivity contribution >= 4 is 5.91 Å². The number of nitrogens with zero attached hydrogens (tertiary/aromatic N) is 1. The molecule has 0 aromatic heterocycles. The Morgan fingerprint density at radius 1 is 1.22 bits per heavy atom. The molecule has 0 saturated carbocycles. The summed E-state index contributed by atoms with van der Waals surface area (Å²) < 4.78 is 37.3. The first kappa shape index (κ1) is 12.9. The van der Waals surface area contributed by atoms with Crippen molar-refractivity contribution in [1.82, 2.24) is 10.2 Å². The summed E-state index contributed by atoms with van der Waals surface area (Å²) in [5, 5.41) is 3.02. The lowest BCUT2D eigenvalue weighted by Gasteiger charge is -2.20. The maximum absolute atomic E-state index is 12.4. The molecule has 1 aromatic rings. The Morgan fingerprint density at radius 2 is 1.78 bits per heavy atom. The largest absolute Gasteiger partial charge is 0.416 e. The normalized spacial score (nSPS) is 24.7. The Kier molecular flexibility index (Phi) is 3.06. The van der Waals surface area contributed by atoms with Crippen LogP contribution in [0.25, 0.3) is 0 Å². The Labute approximate surface area is 103 Å². The van der Waals surface area contributed by atoms with Gasteiger partial charge in [-0.3, -0.25) is 10.1 Å². The van der Waals surface area contributed by atoms with Crippen LogP contribution >= 0.6 is 0 Å². The molecule has 3 nitrogen and oxygen atoms in total. The molecule has 1 amide bonds. The number of carbonyl (C=O) groups excluding carboxylic acids is 1. The first-order chi connectivity index (χ1) is 8.30. The maximum Gasteiger partial charge on any atom is 0.416 e. The molecule has 2 unspecified atom stereocenters. The van der Waals surface area contributed by atoms with Gasteiger partial charge in [0, 0.05) is 7.05 Å². The second-order valence-electron chi connectivity index (χ2n) is 4.36. The zero-order chi connectivity index (χ0) is 13.5. The highest BCUT2D eigenvalue weighted by Crippen LogP contribution is 2.31. The fourth-order valence-corrected chi connectivity index (χ4v) is 2.03. The quantitative estimate of drug-likeness (QED) is 0.837. The first-order valence-corrected chi connectivity index (χ1v) is 5.50. The van der Waals surface area contributed by atoms with E-state index in [1.165, 1.54) is 17.0 Å². The highest BCUT2D eigenvalue weighted by atomic mass is 19.4. The van der Waals surface area contributed by atoms with E-state index in [2.05, 4.69) is 5.32 Å². The van der Waals surface area contributed by atoms with Gasteiger partial charge in [-0.2, -0.15) is 13.2 Å². The molecule has 1 saturated heterocycles. The SMILES string of the molecule is CC1NC(c2ccc(C(F)(F)F)cc2)N(C)C1=O. The summed E-state index contributed by atoms with van der Waals surface area (Å²) in [4.78, 5) is 13.1. The minimum atomic E-state index is -4.34. The molecule has 18 heavy (non-hydrogen) atoms. The summed E-state index contributed by atoms with van der Waals surface area (Å²) in [6.45, 7) is 1.73. The van der Waals surface area contributed by atoms with E-state index in [1.54, 1.807) is 14.0 Å². The molecule has 0 radical (unpaired) electrons. The van der Waals surface area contributed by atoms with Crippen LogP contribution in [-0.2, 0) is 11.0 Å². The van der Waals surface area contributed by atoms with Gasteiger partial charge in [0.1, 0.15) is 6.17 Å². The average molecular weight is 258 g/mol. The number of halogens is 3. The van der Waals surface area contributed by atoms with Gasteiger partial charge in [-0.05, 0) is 24.6 Å². The Hall–Kier alpha value is -1.56. The summed E-state index contributed by atoms with van der Waals surface area (Å²) in [6, 6.07) is 4.52. The third-order valence-electron chi connectivity index (χ3n) is 3.07. The topological polar surface area (TPSA) is 32.3 Å². The summed E-state index contributed by atoms with van der Waals surface area (Å²) in [5.41, 5.74) is -0.0468. The summed E-state index contributed by atoms with van der Waals surface area (Å²) in [6.07, 6.45) is -4.70. The van der Waals surface area contributed by atoms with Gasteiger partial charge in [-0.1, -0.05) is 12.1 Å². The molecule has 2 rings (SSSR count). The maximum atomic E-state index is 12.4. The summed E-state index contributed by atoms with van der Waals surface area (Å²) in [5.74, 6) is -0.0695. The van der Waals surface area contributed by atoms with Crippen molar-refractivity contribution < 1.29 is 18.0 Å². The van der Waals surface area contributed by atoms with Gasteiger partial charge in [-0.25, -0.2) is 0 Å². The lowest BCUT2D eigenvalue weighted by molar-refractivity contribution is -0.137. The van der Waals surface area contributed by atoms with Gasteiger partial charge in [0.25, 0.3) is 0 Å². The number of amides is 1. The molecule has 1 heterocycles. The van der Waals surface area contributed by atoms with E-state index >= 15 is 0 Å². The number of benzene rings is 1. The van der Waals surface area contributed by atoms with Gasteiger partial charge in [0.15, 0.2) is 0 Å². The molecule has 1 N–H and O–H groups in total. The van der Waals surface area contributed by atoms with E-state index in [0.29, 0.717) is 5.56 Å². The number of hydrogen-bond acceptors (Lipinski definition) is 2. The molecule has 2 atom stereocenters. The van der Waals surface area contributed by atoms with Crippen LogP contribution < -0.4 is 5.32 Å². The van der Waals surface area contributed by atoms with Crippen molar-refractivity contribution in [2.24, 2.45) is 0 Å². The minimum Gasteiger partial charge on any atom is -0.325 e. The van der Waals surface area contributed by atoms with Crippen molar-refractivity contribution in [3.63, 3.8) is 0 Å². The zero-order valence-corrected chi connectivity index (χ0v) is 9.95. The van der Waals surface area contributed by atoms with E-state index in [9.17, 15) is 18.0 Å². The molecule has 1 fully saturated rings. The van der Waals surface area contributed by atoms with Crippen molar-refractivity contribution in [2.45, 2.75) is 25.3 Å². The molecule has 98 valence electrons. The van der Waals surface area contributed by atoms with E-state index in [1.807, 2.05) is 0 Å². The van der Waals surface area contributed by atoms with Gasteiger partial charge >= 0.3 is 6.18 Å². The number of rotatable bonds is 1. The monoisotopic (exact) mass is 258 g/mol. The Bertz CT molecular complexity index is 455. The van der Waals surface area contributed by atoms with E-state index in [-0.39, 0.29) is 18.1 Å². The van der Waals surface area contributed by atoms with Crippen LogP contribution in [-0.4, -0.2) is 23.9 Å². The lowest BCUT2D eigenvalue weighted by Crippen LogP contribution is -2.25. The van der Waals surface area contributed by atoms with Gasteiger partial charge < -0.3 is 4.90 Å². The number of carbonyl (C=O) groups is 1. The fraction of sp³-hybridized carbons (Fsp3) is 0.417. The smallest absolute Gasteiger partial charge is 0.325 e. The second kappa shape index (κ2) is 4.28. The van der Waals surface area contributed by atoms with Crippen LogP contribution in [0, 0.1) is 0 Å². The minimum absolute atomic E-state index is 0.0695. The molecule has 0 spiro atoms. The number of alkyl halides is 3. The Morgan fingerprint density at radius 3 is 2.17 bits per heavy atom. The number of likely N-dealkylation sites (N-methyl/N-ethyl adjacent to an activating group) is 1. The van der Waals surface area contributed by atoms with Crippen molar-refractivity contribution in [3.05, 3.63) is 35.4 Å². The fourth-order valence-electron chi connectivity index (χ4n) is 2.03. The zero-order valence-electron chi connectivity index (χ0n) is 9.95. The number of hydrogen-bond donors (Lipinski definition) is 1. The van der Waals surface area contributed by atoms with Crippen LogP contribution in [0.4, 0.5) is 13.2 Å². The lowest BCUT2D eigenvalue weighted by atomic mass is 10.1. The predicted octanol–water partition coefficient (Wildman–Crippen LogP) is 2.15. The van der Waals surface area contributed by atoms with Crippen molar-refractivity contribution in [1.29, 1.82) is 0 Å². The standard InChI is InChI=1S/C12H13F3N2O/c1-7-11(18)17(2)10(16-7)8-3-5-9(6-4-8)12(13,14)15/h3-7,10,16H,1-2H3. The van der Waals surface area contributed by atoms with Gasteiger partial charge in [-0.15, -0.1) is 0 Å². The van der Waals surface area contributed by atoms with E-state index < -0.39 is 11.7 Å². The summed E-state index contributed by atoms with van der Waals surface area (Å²) >= 11 is 0. The van der Waals surface area contributed by atoms with Crippen LogP contribution in [0.5, 0.6) is 0 Å².